The fourth-order valence-electron chi connectivity index (χ4n) is 3.26. The van der Waals surface area contributed by atoms with Crippen LogP contribution in [0.3, 0.4) is 0 Å². The topological polar surface area (TPSA) is 62.7 Å². The molecule has 0 aromatic heterocycles. The molecule has 1 fully saturated rings. The Bertz CT molecular complexity index is 562. The summed E-state index contributed by atoms with van der Waals surface area (Å²) >= 11 is 0. The van der Waals surface area contributed by atoms with Gasteiger partial charge in [-0.15, -0.1) is 0 Å². The van der Waals surface area contributed by atoms with Crippen LogP contribution in [0.15, 0.2) is 30.3 Å². The van der Waals surface area contributed by atoms with Gasteiger partial charge in [-0.25, -0.2) is 4.79 Å². The zero-order valence-electron chi connectivity index (χ0n) is 13.5. The number of carbonyl (C=O) groups excluding carboxylic acids is 1. The molecular weight excluding hydrogens is 276 g/mol. The number of ether oxygens (including phenoxy) is 1. The monoisotopic (exact) mass is 300 g/mol. The van der Waals surface area contributed by atoms with Crippen LogP contribution in [-0.4, -0.2) is 22.6 Å². The van der Waals surface area contributed by atoms with E-state index in [1.54, 1.807) is 24.3 Å². The molecule has 4 heteroatoms. The Morgan fingerprint density at radius 2 is 1.95 bits per heavy atom. The summed E-state index contributed by atoms with van der Waals surface area (Å²) in [6.07, 6.45) is 3.03. The van der Waals surface area contributed by atoms with Gasteiger partial charge in [0.15, 0.2) is 0 Å². The summed E-state index contributed by atoms with van der Waals surface area (Å²) in [5.41, 5.74) is 9.74. The van der Waals surface area contributed by atoms with Crippen LogP contribution >= 0.6 is 0 Å². The second-order valence-corrected chi connectivity index (χ2v) is 6.58. The van der Waals surface area contributed by atoms with Crippen LogP contribution in [0, 0.1) is 17.8 Å². The first kappa shape index (κ1) is 16.4. The van der Waals surface area contributed by atoms with Crippen molar-refractivity contribution in [2.75, 3.05) is 0 Å². The molecular formula is C18H24N2O2. The minimum atomic E-state index is -0.543. The van der Waals surface area contributed by atoms with Gasteiger partial charge in [-0.1, -0.05) is 45.4 Å². The molecule has 22 heavy (non-hydrogen) atoms. The lowest BCUT2D eigenvalue weighted by Gasteiger charge is -2.36. The van der Waals surface area contributed by atoms with Gasteiger partial charge in [0.2, 0.25) is 0 Å². The normalized spacial score (nSPS) is 24.6. The minimum Gasteiger partial charge on any atom is -0.453 e. The predicted octanol–water partition coefficient (Wildman–Crippen LogP) is 3.71. The fraction of sp³-hybridized carbons (Fsp3) is 0.556. The lowest BCUT2D eigenvalue weighted by atomic mass is 9.75. The summed E-state index contributed by atoms with van der Waals surface area (Å²) in [5, 5.41) is 0. The summed E-state index contributed by atoms with van der Waals surface area (Å²) in [4.78, 5) is 15.6. The molecule has 1 aliphatic rings. The SMILES string of the molecule is CC(C)[C@@H]1CC[C@@H](C)C[C@H]1OC(=O)C(=[N+]=[N-])c1ccccc1. The van der Waals surface area contributed by atoms with Gasteiger partial charge in [-0.2, -0.15) is 4.79 Å². The number of nitrogens with zero attached hydrogens (tertiary/aromatic N) is 2. The Hall–Kier alpha value is -1.93. The van der Waals surface area contributed by atoms with Crippen molar-refractivity contribution in [1.29, 1.82) is 0 Å². The first-order valence-electron chi connectivity index (χ1n) is 8.01. The number of carbonyl (C=O) groups is 1. The number of hydrogen-bond acceptors (Lipinski definition) is 2. The molecule has 3 atom stereocenters. The average molecular weight is 300 g/mol. The van der Waals surface area contributed by atoms with E-state index in [-0.39, 0.29) is 11.8 Å². The molecule has 0 amide bonds. The van der Waals surface area contributed by atoms with E-state index in [1.165, 1.54) is 6.42 Å². The highest BCUT2D eigenvalue weighted by Gasteiger charge is 2.36. The smallest absolute Gasteiger partial charge is 0.422 e. The molecule has 118 valence electrons. The highest BCUT2D eigenvalue weighted by molar-refractivity contribution is 6.40. The largest absolute Gasteiger partial charge is 0.453 e. The Kier molecular flexibility index (Phi) is 5.51. The zero-order valence-corrected chi connectivity index (χ0v) is 13.5. The first-order chi connectivity index (χ1) is 10.5. The van der Waals surface area contributed by atoms with Gasteiger partial charge in [0.1, 0.15) is 6.10 Å². The van der Waals surface area contributed by atoms with E-state index in [0.717, 1.165) is 12.8 Å². The molecule has 0 bridgehead atoms. The van der Waals surface area contributed by atoms with Crippen molar-refractivity contribution in [1.82, 2.24) is 0 Å². The highest BCUT2D eigenvalue weighted by Crippen LogP contribution is 2.35. The lowest BCUT2D eigenvalue weighted by molar-refractivity contribution is -0.151. The standard InChI is InChI=1S/C18H24N2O2/c1-12(2)15-10-9-13(3)11-16(15)22-18(21)17(20-19)14-7-5-4-6-8-14/h4-8,12-13,15-16H,9-11H2,1-3H3/t13-,15+,16-/m1/s1. The van der Waals surface area contributed by atoms with E-state index < -0.39 is 5.97 Å². The molecule has 1 aromatic carbocycles. The summed E-state index contributed by atoms with van der Waals surface area (Å²) in [7, 11) is 0. The van der Waals surface area contributed by atoms with E-state index in [1.807, 2.05) is 6.07 Å². The molecule has 0 N–H and O–H groups in total. The van der Waals surface area contributed by atoms with Crippen molar-refractivity contribution in [3.8, 4) is 0 Å². The Morgan fingerprint density at radius 3 is 2.55 bits per heavy atom. The van der Waals surface area contributed by atoms with Crippen molar-refractivity contribution in [2.45, 2.75) is 46.1 Å². The van der Waals surface area contributed by atoms with E-state index in [9.17, 15) is 10.3 Å². The van der Waals surface area contributed by atoms with Crippen LogP contribution in [0.4, 0.5) is 0 Å². The van der Waals surface area contributed by atoms with Crippen molar-refractivity contribution < 1.29 is 14.3 Å². The van der Waals surface area contributed by atoms with Crippen LogP contribution in [0.5, 0.6) is 0 Å². The molecule has 0 spiro atoms. The number of esters is 1. The van der Waals surface area contributed by atoms with Crippen LogP contribution in [0.25, 0.3) is 5.53 Å². The lowest BCUT2D eigenvalue weighted by Crippen LogP contribution is -2.37. The molecule has 2 rings (SSSR count). The fourth-order valence-corrected chi connectivity index (χ4v) is 3.26. The Morgan fingerprint density at radius 1 is 1.27 bits per heavy atom. The molecule has 4 nitrogen and oxygen atoms in total. The third-order valence-corrected chi connectivity index (χ3v) is 4.56. The van der Waals surface area contributed by atoms with Crippen LogP contribution in [0.2, 0.25) is 0 Å². The Balaban J connectivity index is 2.13. The second-order valence-electron chi connectivity index (χ2n) is 6.58. The van der Waals surface area contributed by atoms with Gasteiger partial charge in [0, 0.05) is 0 Å². The summed E-state index contributed by atoms with van der Waals surface area (Å²) in [6, 6.07) is 8.92. The maximum absolute atomic E-state index is 12.4. The summed E-state index contributed by atoms with van der Waals surface area (Å²) in [6.45, 7) is 6.52. The van der Waals surface area contributed by atoms with Gasteiger partial charge in [-0.3, -0.25) is 0 Å². The van der Waals surface area contributed by atoms with Gasteiger partial charge < -0.3 is 10.3 Å². The average Bonchev–Trinajstić information content (AvgIpc) is 2.48. The number of hydrogen-bond donors (Lipinski definition) is 0. The third kappa shape index (κ3) is 3.83. The van der Waals surface area contributed by atoms with Crippen molar-refractivity contribution in [3.05, 3.63) is 41.4 Å². The van der Waals surface area contributed by atoms with Crippen molar-refractivity contribution >= 4 is 11.7 Å². The quantitative estimate of drug-likeness (QED) is 0.368. The van der Waals surface area contributed by atoms with Gasteiger partial charge >= 0.3 is 11.7 Å². The molecule has 1 aliphatic carbocycles. The summed E-state index contributed by atoms with van der Waals surface area (Å²) < 4.78 is 5.71. The van der Waals surface area contributed by atoms with Gasteiger partial charge in [0.25, 0.3) is 0 Å². The minimum absolute atomic E-state index is 0.0265. The predicted molar refractivity (Wildman–Crippen MR) is 85.4 cm³/mol. The zero-order chi connectivity index (χ0) is 16.1. The molecule has 0 saturated heterocycles. The maximum Gasteiger partial charge on any atom is 0.422 e. The molecule has 0 heterocycles. The molecule has 0 radical (unpaired) electrons. The van der Waals surface area contributed by atoms with E-state index in [0.29, 0.717) is 23.3 Å². The molecule has 0 aliphatic heterocycles. The van der Waals surface area contributed by atoms with Crippen LogP contribution < -0.4 is 0 Å². The highest BCUT2D eigenvalue weighted by atomic mass is 16.5. The molecule has 0 unspecified atom stereocenters. The van der Waals surface area contributed by atoms with E-state index in [2.05, 4.69) is 25.6 Å². The first-order valence-corrected chi connectivity index (χ1v) is 8.01. The molecule has 1 saturated carbocycles. The molecule has 1 aromatic rings. The second kappa shape index (κ2) is 7.37. The van der Waals surface area contributed by atoms with E-state index >= 15 is 0 Å². The Labute approximate surface area is 132 Å². The number of rotatable bonds is 4. The number of benzene rings is 1. The van der Waals surface area contributed by atoms with E-state index in [4.69, 9.17) is 4.74 Å². The van der Waals surface area contributed by atoms with Crippen molar-refractivity contribution in [2.24, 2.45) is 17.8 Å². The maximum atomic E-state index is 12.4. The summed E-state index contributed by atoms with van der Waals surface area (Å²) in [5.74, 6) is 0.852. The van der Waals surface area contributed by atoms with Gasteiger partial charge in [-0.05, 0) is 42.7 Å². The third-order valence-electron chi connectivity index (χ3n) is 4.56. The van der Waals surface area contributed by atoms with Crippen molar-refractivity contribution in [3.63, 3.8) is 0 Å². The van der Waals surface area contributed by atoms with Crippen LogP contribution in [-0.2, 0) is 9.53 Å². The van der Waals surface area contributed by atoms with Crippen LogP contribution in [0.1, 0.15) is 45.6 Å². The van der Waals surface area contributed by atoms with Gasteiger partial charge in [0.05, 0.1) is 5.56 Å².